The Morgan fingerprint density at radius 3 is 2.87 bits per heavy atom. The maximum Gasteiger partial charge on any atom is 0.220 e. The minimum absolute atomic E-state index is 0.0118. The summed E-state index contributed by atoms with van der Waals surface area (Å²) in [4.78, 5) is 11.0. The Bertz CT molecular complexity index is 392. The summed E-state index contributed by atoms with van der Waals surface area (Å²) in [5.74, 6) is -0.314. The second-order valence-electron chi connectivity index (χ2n) is 3.77. The number of amides is 1. The Morgan fingerprint density at radius 2 is 2.33 bits per heavy atom. The van der Waals surface area contributed by atoms with Gasteiger partial charge in [-0.3, -0.25) is 4.79 Å². The molecule has 1 aliphatic rings. The Labute approximate surface area is 87.5 Å². The summed E-state index contributed by atoms with van der Waals surface area (Å²) >= 11 is 0. The van der Waals surface area contributed by atoms with Gasteiger partial charge in [0.25, 0.3) is 0 Å². The molecule has 1 saturated heterocycles. The highest BCUT2D eigenvalue weighted by Gasteiger charge is 2.25. The van der Waals surface area contributed by atoms with Crippen LogP contribution in [0.25, 0.3) is 0 Å². The van der Waals surface area contributed by atoms with Crippen LogP contribution in [0.3, 0.4) is 0 Å². The van der Waals surface area contributed by atoms with Gasteiger partial charge in [-0.25, -0.2) is 4.39 Å². The van der Waals surface area contributed by atoms with Gasteiger partial charge in [-0.15, -0.1) is 0 Å². The summed E-state index contributed by atoms with van der Waals surface area (Å²) in [6, 6.07) is 4.97. The second-order valence-corrected chi connectivity index (χ2v) is 3.77. The number of benzene rings is 1. The number of nitrogens with two attached hydrogens (primary N) is 1. The molecule has 1 amide bonds. The number of hydrogen-bond acceptors (Lipinski definition) is 2. The Balaban J connectivity index is 2.25. The van der Waals surface area contributed by atoms with E-state index in [-0.39, 0.29) is 17.6 Å². The SMILES string of the molecule is NCc1ccc([C@H]2CNC(=O)C2)c(F)c1. The molecule has 1 heterocycles. The average Bonchev–Trinajstić information content (AvgIpc) is 2.64. The first-order valence-corrected chi connectivity index (χ1v) is 4.96. The largest absolute Gasteiger partial charge is 0.355 e. The zero-order valence-corrected chi connectivity index (χ0v) is 8.29. The summed E-state index contributed by atoms with van der Waals surface area (Å²) in [7, 11) is 0. The van der Waals surface area contributed by atoms with Crippen LogP contribution in [-0.2, 0) is 11.3 Å². The molecule has 0 aromatic heterocycles. The predicted octanol–water partition coefficient (Wildman–Crippen LogP) is 0.888. The van der Waals surface area contributed by atoms with Crippen LogP contribution in [0.5, 0.6) is 0 Å². The van der Waals surface area contributed by atoms with Crippen molar-refractivity contribution in [2.75, 3.05) is 6.54 Å². The standard InChI is InChI=1S/C11H13FN2O/c12-10-3-7(5-13)1-2-9(10)8-4-11(15)14-6-8/h1-3,8H,4-6,13H2,(H,14,15)/t8-/m1/s1. The number of rotatable bonds is 2. The van der Waals surface area contributed by atoms with Crippen LogP contribution in [0.4, 0.5) is 4.39 Å². The molecule has 3 N–H and O–H groups in total. The number of hydrogen-bond donors (Lipinski definition) is 2. The minimum atomic E-state index is -0.264. The molecule has 3 nitrogen and oxygen atoms in total. The van der Waals surface area contributed by atoms with E-state index in [0.717, 1.165) is 5.56 Å². The zero-order chi connectivity index (χ0) is 10.8. The molecule has 0 spiro atoms. The maximum absolute atomic E-state index is 13.6. The van der Waals surface area contributed by atoms with Crippen LogP contribution in [0.1, 0.15) is 23.5 Å². The van der Waals surface area contributed by atoms with Crippen molar-refractivity contribution in [2.24, 2.45) is 5.73 Å². The summed E-state index contributed by atoms with van der Waals surface area (Å²) in [5, 5.41) is 2.69. The van der Waals surface area contributed by atoms with E-state index in [9.17, 15) is 9.18 Å². The molecular formula is C11H13FN2O. The van der Waals surface area contributed by atoms with Crippen LogP contribution in [-0.4, -0.2) is 12.5 Å². The lowest BCUT2D eigenvalue weighted by atomic mass is 9.96. The molecular weight excluding hydrogens is 195 g/mol. The van der Waals surface area contributed by atoms with Gasteiger partial charge in [-0.2, -0.15) is 0 Å². The van der Waals surface area contributed by atoms with Crippen molar-refractivity contribution in [2.45, 2.75) is 18.9 Å². The quantitative estimate of drug-likeness (QED) is 0.758. The molecule has 0 bridgehead atoms. The van der Waals surface area contributed by atoms with Crippen LogP contribution in [0, 0.1) is 5.82 Å². The topological polar surface area (TPSA) is 55.1 Å². The molecule has 80 valence electrons. The van der Waals surface area contributed by atoms with Crippen molar-refractivity contribution in [3.8, 4) is 0 Å². The Morgan fingerprint density at radius 1 is 1.53 bits per heavy atom. The number of carbonyl (C=O) groups is 1. The molecule has 1 fully saturated rings. The Hall–Kier alpha value is -1.42. The van der Waals surface area contributed by atoms with E-state index in [4.69, 9.17) is 5.73 Å². The predicted molar refractivity (Wildman–Crippen MR) is 54.7 cm³/mol. The van der Waals surface area contributed by atoms with Gasteiger partial charge in [-0.05, 0) is 17.2 Å². The van der Waals surface area contributed by atoms with Crippen LogP contribution >= 0.6 is 0 Å². The number of halogens is 1. The van der Waals surface area contributed by atoms with E-state index in [1.807, 2.05) is 0 Å². The zero-order valence-electron chi connectivity index (χ0n) is 8.29. The van der Waals surface area contributed by atoms with E-state index < -0.39 is 0 Å². The van der Waals surface area contributed by atoms with Gasteiger partial charge >= 0.3 is 0 Å². The first kappa shape index (κ1) is 10.1. The third-order valence-corrected chi connectivity index (χ3v) is 2.72. The van der Waals surface area contributed by atoms with Gasteiger partial charge in [0.05, 0.1) is 0 Å². The number of carbonyl (C=O) groups excluding carboxylic acids is 1. The van der Waals surface area contributed by atoms with Crippen molar-refractivity contribution < 1.29 is 9.18 Å². The van der Waals surface area contributed by atoms with Crippen molar-refractivity contribution in [1.82, 2.24) is 5.32 Å². The van der Waals surface area contributed by atoms with Gasteiger partial charge < -0.3 is 11.1 Å². The molecule has 0 saturated carbocycles. The molecule has 1 aromatic carbocycles. The van der Waals surface area contributed by atoms with Crippen LogP contribution in [0.15, 0.2) is 18.2 Å². The highest BCUT2D eigenvalue weighted by atomic mass is 19.1. The van der Waals surface area contributed by atoms with E-state index in [0.29, 0.717) is 25.1 Å². The molecule has 0 radical (unpaired) electrons. The van der Waals surface area contributed by atoms with Gasteiger partial charge in [0, 0.05) is 25.4 Å². The maximum atomic E-state index is 13.6. The van der Waals surface area contributed by atoms with Crippen molar-refractivity contribution in [3.63, 3.8) is 0 Å². The summed E-state index contributed by atoms with van der Waals surface area (Å²) < 4.78 is 13.6. The van der Waals surface area contributed by atoms with E-state index in [2.05, 4.69) is 5.32 Å². The lowest BCUT2D eigenvalue weighted by Gasteiger charge is -2.09. The van der Waals surface area contributed by atoms with Crippen molar-refractivity contribution >= 4 is 5.91 Å². The van der Waals surface area contributed by atoms with Gasteiger partial charge in [-0.1, -0.05) is 12.1 Å². The third kappa shape index (κ3) is 1.99. The third-order valence-electron chi connectivity index (χ3n) is 2.72. The van der Waals surface area contributed by atoms with E-state index in [1.54, 1.807) is 12.1 Å². The van der Waals surface area contributed by atoms with Crippen LogP contribution in [0.2, 0.25) is 0 Å². The molecule has 1 aromatic rings. The normalized spacial score (nSPS) is 20.4. The lowest BCUT2D eigenvalue weighted by Crippen LogP contribution is -2.13. The summed E-state index contributed by atoms with van der Waals surface area (Å²) in [6.07, 6.45) is 0.374. The highest BCUT2D eigenvalue weighted by Crippen LogP contribution is 2.25. The summed E-state index contributed by atoms with van der Waals surface area (Å²) in [5.41, 5.74) is 6.79. The fourth-order valence-electron chi connectivity index (χ4n) is 1.85. The molecule has 1 aliphatic heterocycles. The molecule has 0 unspecified atom stereocenters. The highest BCUT2D eigenvalue weighted by molar-refractivity contribution is 5.79. The van der Waals surface area contributed by atoms with Gasteiger partial charge in [0.2, 0.25) is 5.91 Å². The number of nitrogens with one attached hydrogen (secondary N) is 1. The Kier molecular flexibility index (Phi) is 2.68. The second kappa shape index (κ2) is 3.98. The van der Waals surface area contributed by atoms with Crippen molar-refractivity contribution in [1.29, 1.82) is 0 Å². The van der Waals surface area contributed by atoms with Gasteiger partial charge in [0.15, 0.2) is 0 Å². The minimum Gasteiger partial charge on any atom is -0.355 e. The fourth-order valence-corrected chi connectivity index (χ4v) is 1.85. The van der Waals surface area contributed by atoms with Gasteiger partial charge in [0.1, 0.15) is 5.82 Å². The first-order chi connectivity index (χ1) is 7.20. The average molecular weight is 208 g/mol. The monoisotopic (exact) mass is 208 g/mol. The van der Waals surface area contributed by atoms with Crippen LogP contribution < -0.4 is 11.1 Å². The lowest BCUT2D eigenvalue weighted by molar-refractivity contribution is -0.119. The van der Waals surface area contributed by atoms with E-state index in [1.165, 1.54) is 6.07 Å². The first-order valence-electron chi connectivity index (χ1n) is 4.96. The fraction of sp³-hybridized carbons (Fsp3) is 0.364. The molecule has 1 atom stereocenters. The molecule has 2 rings (SSSR count). The smallest absolute Gasteiger partial charge is 0.220 e. The molecule has 4 heteroatoms. The van der Waals surface area contributed by atoms with E-state index >= 15 is 0 Å². The molecule has 0 aliphatic carbocycles. The molecule has 15 heavy (non-hydrogen) atoms. The summed E-state index contributed by atoms with van der Waals surface area (Å²) in [6.45, 7) is 0.858. The van der Waals surface area contributed by atoms with Crippen molar-refractivity contribution in [3.05, 3.63) is 35.1 Å².